The first-order valence-electron chi connectivity index (χ1n) is 8.85. The van der Waals surface area contributed by atoms with Crippen LogP contribution in [0.1, 0.15) is 15.9 Å². The van der Waals surface area contributed by atoms with Crippen molar-refractivity contribution in [1.29, 1.82) is 0 Å². The largest absolute Gasteiger partial charge is 0.495 e. The van der Waals surface area contributed by atoms with E-state index in [2.05, 4.69) is 10.3 Å². The number of para-hydroxylation sites is 2. The molecule has 4 rings (SSSR count). The Morgan fingerprint density at radius 3 is 2.76 bits per heavy atom. The molecule has 1 heterocycles. The summed E-state index contributed by atoms with van der Waals surface area (Å²) < 4.78 is 11.1. The molecule has 0 fully saturated rings. The number of methoxy groups -OCH3 is 1. The number of hydrogen-bond donors (Lipinski definition) is 1. The maximum Gasteiger partial charge on any atom is 0.257 e. The summed E-state index contributed by atoms with van der Waals surface area (Å²) in [6.07, 6.45) is 0. The second-order valence-corrected chi connectivity index (χ2v) is 7.56. The van der Waals surface area contributed by atoms with Crippen LogP contribution in [0.25, 0.3) is 11.1 Å². The van der Waals surface area contributed by atoms with Crippen LogP contribution in [0.5, 0.6) is 5.75 Å². The van der Waals surface area contributed by atoms with Crippen LogP contribution in [-0.2, 0) is 5.75 Å². The molecule has 5 nitrogen and oxygen atoms in total. The first-order chi connectivity index (χ1) is 14.1. The number of ether oxygens (including phenoxy) is 1. The molecule has 0 aliphatic carbocycles. The molecule has 0 atom stereocenters. The van der Waals surface area contributed by atoms with E-state index in [1.165, 1.54) is 11.8 Å². The highest BCUT2D eigenvalue weighted by Crippen LogP contribution is 2.30. The summed E-state index contributed by atoms with van der Waals surface area (Å²) in [5, 5.41) is 3.96. The summed E-state index contributed by atoms with van der Waals surface area (Å²) in [5.74, 6) is 0.851. The van der Waals surface area contributed by atoms with E-state index in [1.54, 1.807) is 31.4 Å². The number of carbonyl (C=O) groups is 1. The van der Waals surface area contributed by atoms with Crippen molar-refractivity contribution in [3.8, 4) is 5.75 Å². The average molecular weight is 425 g/mol. The molecule has 0 aliphatic rings. The van der Waals surface area contributed by atoms with Gasteiger partial charge in [0.15, 0.2) is 5.58 Å². The second kappa shape index (κ2) is 8.59. The summed E-state index contributed by atoms with van der Waals surface area (Å²) in [5.41, 5.74) is 3.52. The van der Waals surface area contributed by atoms with Gasteiger partial charge in [-0.3, -0.25) is 4.79 Å². The number of fused-ring (bicyclic) bond motifs is 1. The zero-order chi connectivity index (χ0) is 20.2. The van der Waals surface area contributed by atoms with Gasteiger partial charge in [-0.1, -0.05) is 53.7 Å². The Morgan fingerprint density at radius 1 is 1.14 bits per heavy atom. The lowest BCUT2D eigenvalue weighted by atomic mass is 10.1. The molecular formula is C22H17ClN2O3S. The predicted molar refractivity (Wildman–Crippen MR) is 116 cm³/mol. The standard InChI is InChI=1S/C22H17ClN2O3S/c1-27-19-11-10-15(23)12-18(19)24-21(26)16-7-3-2-6-14(16)13-29-22-25-17-8-4-5-9-20(17)28-22/h2-12H,13H2,1H3,(H,24,26). The Bertz CT molecular complexity index is 1140. The number of halogens is 1. The summed E-state index contributed by atoms with van der Waals surface area (Å²) >= 11 is 7.50. The Labute approximate surface area is 177 Å². The smallest absolute Gasteiger partial charge is 0.257 e. The number of nitrogens with zero attached hydrogens (tertiary/aromatic N) is 1. The van der Waals surface area contributed by atoms with Gasteiger partial charge in [0.2, 0.25) is 0 Å². The van der Waals surface area contributed by atoms with Crippen LogP contribution in [-0.4, -0.2) is 18.0 Å². The first-order valence-corrected chi connectivity index (χ1v) is 10.2. The normalized spacial score (nSPS) is 10.8. The number of thioether (sulfide) groups is 1. The topological polar surface area (TPSA) is 64.4 Å². The SMILES string of the molecule is COc1ccc(Cl)cc1NC(=O)c1ccccc1CSc1nc2ccccc2o1. The summed E-state index contributed by atoms with van der Waals surface area (Å²) in [4.78, 5) is 17.4. The van der Waals surface area contributed by atoms with E-state index in [0.717, 1.165) is 16.7 Å². The highest BCUT2D eigenvalue weighted by Gasteiger charge is 2.15. The van der Waals surface area contributed by atoms with E-state index >= 15 is 0 Å². The fourth-order valence-corrected chi connectivity index (χ4v) is 3.90. The van der Waals surface area contributed by atoms with Crippen molar-refractivity contribution in [2.45, 2.75) is 11.0 Å². The van der Waals surface area contributed by atoms with Crippen LogP contribution < -0.4 is 10.1 Å². The molecule has 1 N–H and O–H groups in total. The second-order valence-electron chi connectivity index (χ2n) is 6.19. The highest BCUT2D eigenvalue weighted by atomic mass is 35.5. The van der Waals surface area contributed by atoms with Gasteiger partial charge in [-0.2, -0.15) is 0 Å². The lowest BCUT2D eigenvalue weighted by Gasteiger charge is -2.12. The van der Waals surface area contributed by atoms with E-state index in [9.17, 15) is 4.79 Å². The molecule has 1 aromatic heterocycles. The van der Waals surface area contributed by atoms with Gasteiger partial charge in [0.25, 0.3) is 11.1 Å². The van der Waals surface area contributed by atoms with Crippen molar-refractivity contribution in [3.05, 3.63) is 82.9 Å². The summed E-state index contributed by atoms with van der Waals surface area (Å²) in [7, 11) is 1.55. The third kappa shape index (κ3) is 4.39. The van der Waals surface area contributed by atoms with Crippen molar-refractivity contribution in [2.75, 3.05) is 12.4 Å². The summed E-state index contributed by atoms with van der Waals surface area (Å²) in [6.45, 7) is 0. The average Bonchev–Trinajstić information content (AvgIpc) is 3.15. The quantitative estimate of drug-likeness (QED) is 0.382. The van der Waals surface area contributed by atoms with Gasteiger partial charge in [-0.05, 0) is 42.0 Å². The molecule has 1 amide bonds. The van der Waals surface area contributed by atoms with Crippen LogP contribution in [0.2, 0.25) is 5.02 Å². The maximum absolute atomic E-state index is 12.9. The molecule has 7 heteroatoms. The monoisotopic (exact) mass is 424 g/mol. The van der Waals surface area contributed by atoms with Gasteiger partial charge in [0, 0.05) is 16.3 Å². The molecule has 0 radical (unpaired) electrons. The van der Waals surface area contributed by atoms with Gasteiger partial charge in [-0.25, -0.2) is 4.98 Å². The lowest BCUT2D eigenvalue weighted by Crippen LogP contribution is -2.14. The number of carbonyl (C=O) groups excluding carboxylic acids is 1. The number of aromatic nitrogens is 1. The Balaban J connectivity index is 1.53. The predicted octanol–water partition coefficient (Wildman–Crippen LogP) is 6.03. The molecule has 0 saturated carbocycles. The number of anilines is 1. The van der Waals surface area contributed by atoms with E-state index in [1.807, 2.05) is 42.5 Å². The molecule has 3 aromatic carbocycles. The van der Waals surface area contributed by atoms with Crippen molar-refractivity contribution in [2.24, 2.45) is 0 Å². The fourth-order valence-electron chi connectivity index (χ4n) is 2.89. The molecule has 0 bridgehead atoms. The summed E-state index contributed by atoms with van der Waals surface area (Å²) in [6, 6.07) is 20.1. The molecule has 0 unspecified atom stereocenters. The Kier molecular flexibility index (Phi) is 5.74. The van der Waals surface area contributed by atoms with Gasteiger partial charge in [0.1, 0.15) is 11.3 Å². The van der Waals surface area contributed by atoms with Crippen LogP contribution in [0.15, 0.2) is 76.4 Å². The van der Waals surface area contributed by atoms with Gasteiger partial charge in [-0.15, -0.1) is 0 Å². The minimum Gasteiger partial charge on any atom is -0.495 e. The number of benzene rings is 3. The van der Waals surface area contributed by atoms with Crippen LogP contribution in [0.4, 0.5) is 5.69 Å². The molecule has 4 aromatic rings. The molecule has 0 saturated heterocycles. The Morgan fingerprint density at radius 2 is 1.93 bits per heavy atom. The maximum atomic E-state index is 12.9. The number of nitrogens with one attached hydrogen (secondary N) is 1. The van der Waals surface area contributed by atoms with Crippen LogP contribution in [0, 0.1) is 0 Å². The molecule has 29 heavy (non-hydrogen) atoms. The van der Waals surface area contributed by atoms with Gasteiger partial charge >= 0.3 is 0 Å². The lowest BCUT2D eigenvalue weighted by molar-refractivity contribution is 0.102. The molecular weight excluding hydrogens is 408 g/mol. The number of amides is 1. The number of hydrogen-bond acceptors (Lipinski definition) is 5. The van der Waals surface area contributed by atoms with Crippen molar-refractivity contribution in [3.63, 3.8) is 0 Å². The van der Waals surface area contributed by atoms with E-state index in [-0.39, 0.29) is 5.91 Å². The van der Waals surface area contributed by atoms with Crippen molar-refractivity contribution < 1.29 is 13.9 Å². The van der Waals surface area contributed by atoms with E-state index in [0.29, 0.717) is 33.0 Å². The third-order valence-electron chi connectivity index (χ3n) is 4.30. The minimum absolute atomic E-state index is 0.237. The Hall–Kier alpha value is -2.96. The number of oxazole rings is 1. The van der Waals surface area contributed by atoms with Gasteiger partial charge in [0.05, 0.1) is 12.8 Å². The first kappa shape index (κ1) is 19.4. The van der Waals surface area contributed by atoms with Crippen molar-refractivity contribution >= 4 is 46.1 Å². The fraction of sp³-hybridized carbons (Fsp3) is 0.0909. The zero-order valence-electron chi connectivity index (χ0n) is 15.5. The zero-order valence-corrected chi connectivity index (χ0v) is 17.1. The molecule has 0 aliphatic heterocycles. The third-order valence-corrected chi connectivity index (χ3v) is 5.41. The number of rotatable bonds is 6. The van der Waals surface area contributed by atoms with E-state index < -0.39 is 0 Å². The van der Waals surface area contributed by atoms with Crippen LogP contribution >= 0.6 is 23.4 Å². The molecule has 146 valence electrons. The molecule has 0 spiro atoms. The highest BCUT2D eigenvalue weighted by molar-refractivity contribution is 7.98. The van der Waals surface area contributed by atoms with Gasteiger partial charge < -0.3 is 14.5 Å². The van der Waals surface area contributed by atoms with E-state index in [4.69, 9.17) is 20.8 Å². The van der Waals surface area contributed by atoms with Crippen LogP contribution in [0.3, 0.4) is 0 Å². The van der Waals surface area contributed by atoms with Crippen molar-refractivity contribution in [1.82, 2.24) is 4.98 Å². The minimum atomic E-state index is -0.237.